The van der Waals surface area contributed by atoms with Crippen LogP contribution in [0.1, 0.15) is 21.8 Å². The second-order valence-corrected chi connectivity index (χ2v) is 10.1. The monoisotopic (exact) mass is 543 g/mol. The van der Waals surface area contributed by atoms with Crippen molar-refractivity contribution in [3.05, 3.63) is 92.3 Å². The zero-order valence-electron chi connectivity index (χ0n) is 16.5. The van der Waals surface area contributed by atoms with Gasteiger partial charge in [-0.25, -0.2) is 0 Å². The summed E-state index contributed by atoms with van der Waals surface area (Å²) in [4.78, 5) is 25.6. The van der Waals surface area contributed by atoms with Gasteiger partial charge in [-0.15, -0.1) is 23.2 Å². The molecule has 1 aromatic heterocycles. The molecule has 4 rings (SSSR count). The number of halogens is 5. The Hall–Kier alpha value is -2.22. The van der Waals surface area contributed by atoms with Crippen LogP contribution in [0.25, 0.3) is 0 Å². The lowest BCUT2D eigenvalue weighted by Gasteiger charge is -2.10. The third-order valence-corrected chi connectivity index (χ3v) is 6.80. The summed E-state index contributed by atoms with van der Waals surface area (Å²) in [6.45, 7) is 0. The first-order valence-corrected chi connectivity index (χ1v) is 11.4. The second-order valence-electron chi connectivity index (χ2n) is 7.42. The molecule has 0 bridgehead atoms. The number of benzene rings is 2. The highest BCUT2D eigenvalue weighted by Gasteiger charge is 2.67. The average Bonchev–Trinajstić information content (AvgIpc) is 3.31. The van der Waals surface area contributed by atoms with E-state index in [1.807, 2.05) is 0 Å². The molecule has 2 aromatic carbocycles. The molecule has 0 spiro atoms. The molecule has 1 heterocycles. The number of alkyl halides is 2. The molecule has 1 saturated carbocycles. The molecule has 0 unspecified atom stereocenters. The quantitative estimate of drug-likeness (QED) is 0.232. The average molecular weight is 546 g/mol. The van der Waals surface area contributed by atoms with Crippen LogP contribution in [0.2, 0.25) is 15.1 Å². The Morgan fingerprint density at radius 1 is 0.939 bits per heavy atom. The fourth-order valence-electron chi connectivity index (χ4n) is 3.55. The Labute approximate surface area is 213 Å². The molecule has 6 nitrogen and oxygen atoms in total. The number of nitrogens with one attached hydrogen (secondary N) is 2. The van der Waals surface area contributed by atoms with E-state index < -0.39 is 28.0 Å². The third kappa shape index (κ3) is 5.15. The van der Waals surface area contributed by atoms with E-state index in [1.165, 1.54) is 30.6 Å². The molecule has 0 aliphatic heterocycles. The Bertz CT molecular complexity index is 1250. The van der Waals surface area contributed by atoms with E-state index in [2.05, 4.69) is 10.6 Å². The highest BCUT2D eigenvalue weighted by Crippen LogP contribution is 2.65. The minimum Gasteiger partial charge on any atom is -0.619 e. The molecule has 2 atom stereocenters. The first-order chi connectivity index (χ1) is 15.6. The van der Waals surface area contributed by atoms with Crippen molar-refractivity contribution in [1.82, 2.24) is 0 Å². The van der Waals surface area contributed by atoms with Gasteiger partial charge in [0.15, 0.2) is 6.20 Å². The van der Waals surface area contributed by atoms with E-state index >= 15 is 0 Å². The first kappa shape index (κ1) is 23.9. The molecule has 33 heavy (non-hydrogen) atoms. The van der Waals surface area contributed by atoms with Crippen LogP contribution in [0.4, 0.5) is 11.4 Å². The summed E-state index contributed by atoms with van der Waals surface area (Å²) < 4.78 is -0.788. The Morgan fingerprint density at radius 3 is 2.30 bits per heavy atom. The summed E-state index contributed by atoms with van der Waals surface area (Å²) >= 11 is 31.1. The first-order valence-electron chi connectivity index (χ1n) is 9.50. The van der Waals surface area contributed by atoms with Crippen molar-refractivity contribution in [3.8, 4) is 0 Å². The topological polar surface area (TPSA) is 85.1 Å². The zero-order valence-corrected chi connectivity index (χ0v) is 20.3. The number of hydrogen-bond donors (Lipinski definition) is 2. The molecule has 3 aromatic rings. The number of carbonyl (C=O) groups is 2. The van der Waals surface area contributed by atoms with Crippen molar-refractivity contribution >= 4 is 81.2 Å². The number of aromatic nitrogens is 1. The minimum atomic E-state index is -1.34. The van der Waals surface area contributed by atoms with Crippen molar-refractivity contribution in [2.45, 2.75) is 10.3 Å². The standard InChI is InChI=1S/C22H14Cl5N3O3/c23-12-6-11(7-13(24)8-12)18-19(22(18,26)27)21(32)28-14-3-4-17(25)16(9-14)20(31)29-15-2-1-5-30(33)10-15/h1-10,18-19H,(H,28,32)(H,29,31)/t18-,19+/m0/s1. The van der Waals surface area contributed by atoms with Crippen molar-refractivity contribution in [1.29, 1.82) is 0 Å². The van der Waals surface area contributed by atoms with Crippen LogP contribution in [0.3, 0.4) is 0 Å². The van der Waals surface area contributed by atoms with Gasteiger partial charge in [-0.1, -0.05) is 34.8 Å². The van der Waals surface area contributed by atoms with Gasteiger partial charge < -0.3 is 15.8 Å². The van der Waals surface area contributed by atoms with Crippen molar-refractivity contribution < 1.29 is 14.3 Å². The van der Waals surface area contributed by atoms with Crippen molar-refractivity contribution in [2.24, 2.45) is 5.92 Å². The van der Waals surface area contributed by atoms with Gasteiger partial charge in [-0.3, -0.25) is 9.59 Å². The lowest BCUT2D eigenvalue weighted by atomic mass is 10.1. The third-order valence-electron chi connectivity index (χ3n) is 5.09. The van der Waals surface area contributed by atoms with E-state index in [-0.39, 0.29) is 16.3 Å². The lowest BCUT2D eigenvalue weighted by molar-refractivity contribution is -0.604. The number of rotatable bonds is 5. The van der Waals surface area contributed by atoms with E-state index in [0.29, 0.717) is 26.0 Å². The maximum absolute atomic E-state index is 12.9. The zero-order chi connectivity index (χ0) is 23.9. The molecular weight excluding hydrogens is 532 g/mol. The van der Waals surface area contributed by atoms with Crippen LogP contribution in [0, 0.1) is 11.1 Å². The summed E-state index contributed by atoms with van der Waals surface area (Å²) in [5.41, 5.74) is 1.36. The van der Waals surface area contributed by atoms with Crippen LogP contribution in [0.15, 0.2) is 60.9 Å². The fourth-order valence-corrected chi connectivity index (χ4v) is 5.12. The van der Waals surface area contributed by atoms with Crippen LogP contribution < -0.4 is 15.4 Å². The number of hydrogen-bond acceptors (Lipinski definition) is 3. The summed E-state index contributed by atoms with van der Waals surface area (Å²) in [5, 5.41) is 17.7. The van der Waals surface area contributed by atoms with Gasteiger partial charge in [0.1, 0.15) is 10.0 Å². The number of carbonyl (C=O) groups excluding carboxylic acids is 2. The molecule has 0 saturated heterocycles. The van der Waals surface area contributed by atoms with Crippen LogP contribution in [-0.4, -0.2) is 16.1 Å². The summed E-state index contributed by atoms with van der Waals surface area (Å²) in [6.07, 6.45) is 2.49. The van der Waals surface area contributed by atoms with E-state index in [4.69, 9.17) is 58.0 Å². The number of pyridine rings is 1. The maximum Gasteiger partial charge on any atom is 0.257 e. The smallest absolute Gasteiger partial charge is 0.257 e. The predicted octanol–water partition coefficient (Wildman–Crippen LogP) is 6.06. The Morgan fingerprint density at radius 2 is 1.64 bits per heavy atom. The summed E-state index contributed by atoms with van der Waals surface area (Å²) in [5.74, 6) is -2.27. The maximum atomic E-state index is 12.9. The molecule has 1 fully saturated rings. The molecule has 1 aliphatic rings. The SMILES string of the molecule is O=C(Nc1ccc[n+]([O-])c1)c1cc(NC(=O)[C@H]2[C@H](c3cc(Cl)cc(Cl)c3)C2(Cl)Cl)ccc1Cl. The van der Waals surface area contributed by atoms with Gasteiger partial charge in [0.25, 0.3) is 5.91 Å². The highest BCUT2D eigenvalue weighted by atomic mass is 35.5. The summed E-state index contributed by atoms with van der Waals surface area (Å²) in [7, 11) is 0. The molecule has 1 aliphatic carbocycles. The number of amides is 2. The molecule has 170 valence electrons. The van der Waals surface area contributed by atoms with Gasteiger partial charge in [0.2, 0.25) is 12.1 Å². The van der Waals surface area contributed by atoms with Gasteiger partial charge in [-0.2, -0.15) is 4.73 Å². The largest absolute Gasteiger partial charge is 0.619 e. The molecular formula is C22H14Cl5N3O3. The van der Waals surface area contributed by atoms with Gasteiger partial charge in [-0.05, 0) is 48.0 Å². The van der Waals surface area contributed by atoms with E-state index in [0.717, 1.165) is 0 Å². The van der Waals surface area contributed by atoms with E-state index in [1.54, 1.807) is 30.3 Å². The summed E-state index contributed by atoms with van der Waals surface area (Å²) in [6, 6.07) is 12.4. The molecule has 2 amide bonds. The van der Waals surface area contributed by atoms with Gasteiger partial charge >= 0.3 is 0 Å². The number of nitrogens with zero attached hydrogens (tertiary/aromatic N) is 1. The molecule has 11 heteroatoms. The minimum absolute atomic E-state index is 0.104. The Kier molecular flexibility index (Phi) is 6.67. The van der Waals surface area contributed by atoms with E-state index in [9.17, 15) is 14.8 Å². The van der Waals surface area contributed by atoms with Crippen LogP contribution in [0.5, 0.6) is 0 Å². The van der Waals surface area contributed by atoms with Gasteiger partial charge in [0, 0.05) is 27.7 Å². The predicted molar refractivity (Wildman–Crippen MR) is 131 cm³/mol. The van der Waals surface area contributed by atoms with Crippen molar-refractivity contribution in [2.75, 3.05) is 10.6 Å². The van der Waals surface area contributed by atoms with Crippen LogP contribution in [-0.2, 0) is 4.79 Å². The van der Waals surface area contributed by atoms with Crippen LogP contribution >= 0.6 is 58.0 Å². The highest BCUT2D eigenvalue weighted by molar-refractivity contribution is 6.53. The normalized spacial score (nSPS) is 18.5. The lowest BCUT2D eigenvalue weighted by Crippen LogP contribution is -2.25. The van der Waals surface area contributed by atoms with Gasteiger partial charge in [0.05, 0.1) is 16.5 Å². The second kappa shape index (κ2) is 9.20. The molecule has 0 radical (unpaired) electrons. The number of anilines is 2. The molecule has 2 N–H and O–H groups in total. The van der Waals surface area contributed by atoms with Crippen molar-refractivity contribution in [3.63, 3.8) is 0 Å². The Balaban J connectivity index is 1.51. The fraction of sp³-hybridized carbons (Fsp3) is 0.136.